The van der Waals surface area contributed by atoms with Crippen molar-refractivity contribution >= 4 is 34.2 Å². The molecule has 0 aliphatic rings. The number of thiophene rings is 1. The fourth-order valence-electron chi connectivity index (χ4n) is 1.69. The number of pyridine rings is 1. The van der Waals surface area contributed by atoms with Gasteiger partial charge in [0, 0.05) is 4.88 Å². The lowest BCUT2D eigenvalue weighted by atomic mass is 10.2. The molecule has 0 saturated heterocycles. The van der Waals surface area contributed by atoms with Gasteiger partial charge in [-0.25, -0.2) is 0 Å². The highest BCUT2D eigenvalue weighted by atomic mass is 32.1. The third-order valence-electron chi connectivity index (χ3n) is 2.65. The van der Waals surface area contributed by atoms with Crippen LogP contribution >= 0.6 is 23.6 Å². The molecule has 0 aliphatic carbocycles. The standard InChI is InChI=1S/C13H15N3S2/c1-2-10(12-4-3-7-18-12)16-9-5-6-11(13(14)17)15-8-9/h3-8,10,16H,2H2,1H3,(H2,14,17). The lowest BCUT2D eigenvalue weighted by Gasteiger charge is -2.16. The molecule has 2 rings (SSSR count). The number of thiocarbonyl (C=S) groups is 1. The molecule has 0 aliphatic heterocycles. The Kier molecular flexibility index (Phi) is 4.28. The van der Waals surface area contributed by atoms with Crippen molar-refractivity contribution < 1.29 is 0 Å². The van der Waals surface area contributed by atoms with E-state index in [1.807, 2.05) is 12.1 Å². The number of anilines is 1. The average molecular weight is 277 g/mol. The fraction of sp³-hybridized carbons (Fsp3) is 0.231. The highest BCUT2D eigenvalue weighted by molar-refractivity contribution is 7.80. The molecule has 0 amide bonds. The molecule has 0 radical (unpaired) electrons. The van der Waals surface area contributed by atoms with Crippen molar-refractivity contribution in [2.45, 2.75) is 19.4 Å². The molecule has 0 bridgehead atoms. The summed E-state index contributed by atoms with van der Waals surface area (Å²) in [5.74, 6) is 0. The molecule has 5 heteroatoms. The van der Waals surface area contributed by atoms with Gasteiger partial charge in [0.25, 0.3) is 0 Å². The molecular formula is C13H15N3S2. The second-order valence-corrected chi connectivity index (χ2v) is 5.34. The van der Waals surface area contributed by atoms with Crippen LogP contribution in [0.5, 0.6) is 0 Å². The van der Waals surface area contributed by atoms with E-state index >= 15 is 0 Å². The zero-order valence-electron chi connectivity index (χ0n) is 10.1. The van der Waals surface area contributed by atoms with Gasteiger partial charge in [0.2, 0.25) is 0 Å². The zero-order chi connectivity index (χ0) is 13.0. The SMILES string of the molecule is CCC(Nc1ccc(C(N)=S)nc1)c1cccs1. The first-order valence-electron chi connectivity index (χ1n) is 5.76. The van der Waals surface area contributed by atoms with Crippen LogP contribution in [0, 0.1) is 0 Å². The van der Waals surface area contributed by atoms with Crippen LogP contribution in [-0.4, -0.2) is 9.97 Å². The number of aromatic nitrogens is 1. The molecule has 2 aromatic heterocycles. The monoisotopic (exact) mass is 277 g/mol. The molecule has 0 spiro atoms. The van der Waals surface area contributed by atoms with Gasteiger partial charge in [-0.05, 0) is 30.0 Å². The summed E-state index contributed by atoms with van der Waals surface area (Å²) in [5, 5.41) is 5.55. The summed E-state index contributed by atoms with van der Waals surface area (Å²) in [4.78, 5) is 5.88. The van der Waals surface area contributed by atoms with Crippen LogP contribution in [0.3, 0.4) is 0 Å². The minimum Gasteiger partial charge on any atom is -0.388 e. The van der Waals surface area contributed by atoms with E-state index in [9.17, 15) is 0 Å². The summed E-state index contributed by atoms with van der Waals surface area (Å²) >= 11 is 6.64. The van der Waals surface area contributed by atoms with Crippen LogP contribution in [-0.2, 0) is 0 Å². The number of nitrogens with zero attached hydrogens (tertiary/aromatic N) is 1. The van der Waals surface area contributed by atoms with E-state index in [1.165, 1.54) is 4.88 Å². The lowest BCUT2D eigenvalue weighted by Crippen LogP contribution is -2.12. The molecule has 3 N–H and O–H groups in total. The Morgan fingerprint density at radius 2 is 2.33 bits per heavy atom. The third-order valence-corrected chi connectivity index (χ3v) is 3.85. The summed E-state index contributed by atoms with van der Waals surface area (Å²) in [6.45, 7) is 2.16. The van der Waals surface area contributed by atoms with Gasteiger partial charge in [0.05, 0.1) is 23.6 Å². The number of hydrogen-bond acceptors (Lipinski definition) is 4. The molecule has 0 aromatic carbocycles. The number of hydrogen-bond donors (Lipinski definition) is 2. The molecule has 1 atom stereocenters. The second-order valence-electron chi connectivity index (χ2n) is 3.92. The highest BCUT2D eigenvalue weighted by Gasteiger charge is 2.10. The Morgan fingerprint density at radius 3 is 2.83 bits per heavy atom. The normalized spacial score (nSPS) is 12.1. The van der Waals surface area contributed by atoms with E-state index in [1.54, 1.807) is 17.5 Å². The molecule has 0 fully saturated rings. The van der Waals surface area contributed by atoms with E-state index in [2.05, 4.69) is 34.7 Å². The van der Waals surface area contributed by atoms with Crippen molar-refractivity contribution in [2.24, 2.45) is 5.73 Å². The summed E-state index contributed by atoms with van der Waals surface area (Å²) in [5.41, 5.74) is 7.15. The van der Waals surface area contributed by atoms with E-state index in [0.29, 0.717) is 16.7 Å². The summed E-state index contributed by atoms with van der Waals surface area (Å²) in [6.07, 6.45) is 2.79. The van der Waals surface area contributed by atoms with Gasteiger partial charge in [0.15, 0.2) is 0 Å². The molecule has 2 aromatic rings. The van der Waals surface area contributed by atoms with Gasteiger partial charge in [-0.1, -0.05) is 25.2 Å². The highest BCUT2D eigenvalue weighted by Crippen LogP contribution is 2.25. The van der Waals surface area contributed by atoms with Crippen molar-refractivity contribution in [1.29, 1.82) is 0 Å². The Labute approximate surface area is 116 Å². The van der Waals surface area contributed by atoms with Crippen LogP contribution in [0.25, 0.3) is 0 Å². The fourth-order valence-corrected chi connectivity index (χ4v) is 2.67. The first kappa shape index (κ1) is 13.0. The Hall–Kier alpha value is -1.46. The van der Waals surface area contributed by atoms with Gasteiger partial charge < -0.3 is 11.1 Å². The molecule has 18 heavy (non-hydrogen) atoms. The van der Waals surface area contributed by atoms with Crippen molar-refractivity contribution in [2.75, 3.05) is 5.32 Å². The van der Waals surface area contributed by atoms with Crippen molar-refractivity contribution in [3.05, 3.63) is 46.4 Å². The van der Waals surface area contributed by atoms with Crippen molar-refractivity contribution in [3.8, 4) is 0 Å². The zero-order valence-corrected chi connectivity index (χ0v) is 11.7. The smallest absolute Gasteiger partial charge is 0.122 e. The van der Waals surface area contributed by atoms with Crippen LogP contribution in [0.2, 0.25) is 0 Å². The number of rotatable bonds is 5. The second kappa shape index (κ2) is 5.93. The van der Waals surface area contributed by atoms with Gasteiger partial charge in [0.1, 0.15) is 4.99 Å². The topological polar surface area (TPSA) is 50.9 Å². The first-order chi connectivity index (χ1) is 8.70. The summed E-state index contributed by atoms with van der Waals surface area (Å²) in [7, 11) is 0. The maximum Gasteiger partial charge on any atom is 0.122 e. The Balaban J connectivity index is 2.10. The largest absolute Gasteiger partial charge is 0.388 e. The molecule has 2 heterocycles. The Bertz CT molecular complexity index is 506. The van der Waals surface area contributed by atoms with E-state index in [0.717, 1.165) is 12.1 Å². The van der Waals surface area contributed by atoms with Gasteiger partial charge >= 0.3 is 0 Å². The van der Waals surface area contributed by atoms with Gasteiger partial charge in [-0.3, -0.25) is 4.98 Å². The third kappa shape index (κ3) is 3.05. The number of nitrogens with one attached hydrogen (secondary N) is 1. The molecule has 3 nitrogen and oxygen atoms in total. The molecule has 94 valence electrons. The van der Waals surface area contributed by atoms with E-state index < -0.39 is 0 Å². The maximum atomic E-state index is 5.52. The average Bonchev–Trinajstić information content (AvgIpc) is 2.90. The lowest BCUT2D eigenvalue weighted by molar-refractivity contribution is 0.763. The molecular weight excluding hydrogens is 262 g/mol. The van der Waals surface area contributed by atoms with Gasteiger partial charge in [-0.15, -0.1) is 11.3 Å². The van der Waals surface area contributed by atoms with Gasteiger partial charge in [-0.2, -0.15) is 0 Å². The van der Waals surface area contributed by atoms with Crippen molar-refractivity contribution in [3.63, 3.8) is 0 Å². The van der Waals surface area contributed by atoms with E-state index in [-0.39, 0.29) is 0 Å². The maximum absolute atomic E-state index is 5.52. The Morgan fingerprint density at radius 1 is 1.50 bits per heavy atom. The predicted octanol–water partition coefficient (Wildman–Crippen LogP) is 3.34. The summed E-state index contributed by atoms with van der Waals surface area (Å²) < 4.78 is 0. The minimum atomic E-state index is 0.322. The van der Waals surface area contributed by atoms with Crippen LogP contribution in [0.1, 0.15) is 30.0 Å². The predicted molar refractivity (Wildman–Crippen MR) is 81.1 cm³/mol. The molecule has 0 saturated carbocycles. The van der Waals surface area contributed by atoms with Crippen LogP contribution in [0.15, 0.2) is 35.8 Å². The van der Waals surface area contributed by atoms with E-state index in [4.69, 9.17) is 18.0 Å². The summed E-state index contributed by atoms with van der Waals surface area (Å²) in [6, 6.07) is 8.33. The first-order valence-corrected chi connectivity index (χ1v) is 7.05. The number of nitrogens with two attached hydrogens (primary N) is 1. The quantitative estimate of drug-likeness (QED) is 0.823. The molecule has 1 unspecified atom stereocenters. The van der Waals surface area contributed by atoms with Crippen molar-refractivity contribution in [1.82, 2.24) is 4.98 Å². The van der Waals surface area contributed by atoms with Crippen LogP contribution in [0.4, 0.5) is 5.69 Å². The minimum absolute atomic E-state index is 0.322. The van der Waals surface area contributed by atoms with Crippen LogP contribution < -0.4 is 11.1 Å².